The van der Waals surface area contributed by atoms with E-state index < -0.39 is 57.2 Å². The molecule has 2 amide bonds. The number of carbonyl (C=O) groups is 2. The molecule has 0 bridgehead atoms. The molecule has 1 aliphatic heterocycles. The van der Waals surface area contributed by atoms with Crippen LogP contribution in [0.1, 0.15) is 49.5 Å². The highest BCUT2D eigenvalue weighted by Gasteiger charge is 2.39. The normalized spacial score (nSPS) is 17.1. The number of nitro benzene ring substituents is 1. The monoisotopic (exact) mass is 446 g/mol. The SMILES string of the molecule is CNc1c([N+](=O)[O-])cc(C(=O)N2CCCC(NC(=O)OC(C)(C)C)C2)cc1C(F)(F)F. The molecule has 1 aromatic carbocycles. The van der Waals surface area contributed by atoms with Gasteiger partial charge in [0, 0.05) is 37.8 Å². The summed E-state index contributed by atoms with van der Waals surface area (Å²) >= 11 is 0. The van der Waals surface area contributed by atoms with Crippen molar-refractivity contribution < 1.29 is 32.4 Å². The summed E-state index contributed by atoms with van der Waals surface area (Å²) in [6.07, 6.45) is -4.52. The van der Waals surface area contributed by atoms with Gasteiger partial charge in [0.15, 0.2) is 0 Å². The maximum atomic E-state index is 13.5. The summed E-state index contributed by atoms with van der Waals surface area (Å²) in [5, 5.41) is 16.1. The number of hydrogen-bond acceptors (Lipinski definition) is 6. The number of nitro groups is 1. The molecule has 1 aliphatic rings. The number of anilines is 1. The third kappa shape index (κ3) is 6.22. The zero-order valence-corrected chi connectivity index (χ0v) is 17.6. The number of piperidine rings is 1. The second kappa shape index (κ2) is 8.98. The van der Waals surface area contributed by atoms with E-state index in [4.69, 9.17) is 4.74 Å². The molecule has 0 saturated carbocycles. The van der Waals surface area contributed by atoms with Gasteiger partial charge in [-0.15, -0.1) is 0 Å². The zero-order valence-electron chi connectivity index (χ0n) is 17.6. The number of carbonyl (C=O) groups excluding carboxylic acids is 2. The quantitative estimate of drug-likeness (QED) is 0.537. The average molecular weight is 446 g/mol. The number of likely N-dealkylation sites (tertiary alicyclic amines) is 1. The van der Waals surface area contributed by atoms with Gasteiger partial charge in [-0.2, -0.15) is 13.2 Å². The fourth-order valence-corrected chi connectivity index (χ4v) is 3.32. The summed E-state index contributed by atoms with van der Waals surface area (Å²) in [4.78, 5) is 36.5. The van der Waals surface area contributed by atoms with Gasteiger partial charge >= 0.3 is 12.3 Å². The highest BCUT2D eigenvalue weighted by atomic mass is 19.4. The van der Waals surface area contributed by atoms with E-state index in [0.717, 1.165) is 13.1 Å². The highest BCUT2D eigenvalue weighted by molar-refractivity contribution is 5.96. The van der Waals surface area contributed by atoms with Crippen LogP contribution in [0.15, 0.2) is 12.1 Å². The maximum absolute atomic E-state index is 13.5. The second-order valence-corrected chi connectivity index (χ2v) is 8.16. The number of amides is 2. The highest BCUT2D eigenvalue weighted by Crippen LogP contribution is 2.40. The van der Waals surface area contributed by atoms with E-state index >= 15 is 0 Å². The van der Waals surface area contributed by atoms with Crippen molar-refractivity contribution >= 4 is 23.4 Å². The third-order valence-electron chi connectivity index (χ3n) is 4.55. The first-order valence-corrected chi connectivity index (χ1v) is 9.59. The van der Waals surface area contributed by atoms with Crippen LogP contribution in [0, 0.1) is 10.1 Å². The minimum atomic E-state index is -4.90. The average Bonchev–Trinajstić information content (AvgIpc) is 2.64. The Balaban J connectivity index is 2.28. The van der Waals surface area contributed by atoms with Crippen molar-refractivity contribution in [1.82, 2.24) is 10.2 Å². The molecule has 0 aliphatic carbocycles. The molecule has 0 aromatic heterocycles. The first-order valence-electron chi connectivity index (χ1n) is 9.59. The van der Waals surface area contributed by atoms with Crippen LogP contribution in [0.2, 0.25) is 0 Å². The molecule has 1 unspecified atom stereocenters. The van der Waals surface area contributed by atoms with Crippen molar-refractivity contribution in [2.24, 2.45) is 0 Å². The Bertz CT molecular complexity index is 867. The zero-order chi connectivity index (χ0) is 23.6. The summed E-state index contributed by atoms with van der Waals surface area (Å²) in [5.41, 5.74) is -4.02. The van der Waals surface area contributed by atoms with Crippen molar-refractivity contribution in [2.75, 3.05) is 25.5 Å². The van der Waals surface area contributed by atoms with Crippen molar-refractivity contribution in [3.63, 3.8) is 0 Å². The van der Waals surface area contributed by atoms with Gasteiger partial charge in [-0.3, -0.25) is 14.9 Å². The summed E-state index contributed by atoms with van der Waals surface area (Å²) in [7, 11) is 1.14. The van der Waals surface area contributed by atoms with E-state index in [-0.39, 0.29) is 13.1 Å². The van der Waals surface area contributed by atoms with E-state index in [0.29, 0.717) is 18.9 Å². The Kier molecular flexibility index (Phi) is 7.02. The van der Waals surface area contributed by atoms with Crippen LogP contribution < -0.4 is 10.6 Å². The van der Waals surface area contributed by atoms with Crippen LogP contribution in [0.5, 0.6) is 0 Å². The Morgan fingerprint density at radius 1 is 1.26 bits per heavy atom. The lowest BCUT2D eigenvalue weighted by molar-refractivity contribution is -0.384. The molecule has 2 rings (SSSR count). The lowest BCUT2D eigenvalue weighted by Crippen LogP contribution is -2.50. The van der Waals surface area contributed by atoms with Crippen LogP contribution >= 0.6 is 0 Å². The molecule has 172 valence electrons. The fourth-order valence-electron chi connectivity index (χ4n) is 3.32. The number of rotatable bonds is 4. The van der Waals surface area contributed by atoms with Gasteiger partial charge in [-0.25, -0.2) is 4.79 Å². The molecule has 12 heteroatoms. The van der Waals surface area contributed by atoms with Crippen LogP contribution in [0.4, 0.5) is 29.3 Å². The first-order chi connectivity index (χ1) is 14.2. The Hall–Kier alpha value is -3.05. The van der Waals surface area contributed by atoms with Crippen LogP contribution in [-0.2, 0) is 10.9 Å². The standard InChI is InChI=1S/C19H25F3N4O5/c1-18(2,3)31-17(28)24-12-6-5-7-25(10-12)16(27)11-8-13(19(20,21)22)15(23-4)14(9-11)26(29)30/h8-9,12,23H,5-7,10H2,1-4H3,(H,24,28). The maximum Gasteiger partial charge on any atom is 0.418 e. The number of alkyl carbamates (subject to hydrolysis) is 1. The van der Waals surface area contributed by atoms with Crippen molar-refractivity contribution in [2.45, 2.75) is 51.4 Å². The number of ether oxygens (including phenoxy) is 1. The number of nitrogens with one attached hydrogen (secondary N) is 2. The summed E-state index contributed by atoms with van der Waals surface area (Å²) in [6.45, 7) is 5.38. The molecule has 0 spiro atoms. The molecule has 9 nitrogen and oxygen atoms in total. The molecule has 2 N–H and O–H groups in total. The van der Waals surface area contributed by atoms with Crippen molar-refractivity contribution in [3.8, 4) is 0 Å². The van der Waals surface area contributed by atoms with Gasteiger partial charge in [0.1, 0.15) is 11.3 Å². The third-order valence-corrected chi connectivity index (χ3v) is 4.55. The van der Waals surface area contributed by atoms with Gasteiger partial charge < -0.3 is 20.3 Å². The molecule has 1 aromatic rings. The molecule has 0 radical (unpaired) electrons. The smallest absolute Gasteiger partial charge is 0.418 e. The molecule has 1 heterocycles. The van der Waals surface area contributed by atoms with Gasteiger partial charge in [0.05, 0.1) is 10.5 Å². The van der Waals surface area contributed by atoms with E-state index in [1.807, 2.05) is 0 Å². The first kappa shape index (κ1) is 24.2. The molecule has 31 heavy (non-hydrogen) atoms. The van der Waals surface area contributed by atoms with Crippen LogP contribution in [0.25, 0.3) is 0 Å². The predicted octanol–water partition coefficient (Wildman–Crippen LogP) is 3.78. The minimum absolute atomic E-state index is 0.0427. The number of alkyl halides is 3. The van der Waals surface area contributed by atoms with E-state index in [2.05, 4.69) is 10.6 Å². The summed E-state index contributed by atoms with van der Waals surface area (Å²) < 4.78 is 45.6. The molecule has 1 fully saturated rings. The van der Waals surface area contributed by atoms with Crippen LogP contribution in [0.3, 0.4) is 0 Å². The second-order valence-electron chi connectivity index (χ2n) is 8.16. The number of hydrogen-bond donors (Lipinski definition) is 2. The number of benzene rings is 1. The van der Waals surface area contributed by atoms with E-state index in [1.165, 1.54) is 4.90 Å². The lowest BCUT2D eigenvalue weighted by Gasteiger charge is -2.33. The van der Waals surface area contributed by atoms with Gasteiger partial charge in [-0.1, -0.05) is 0 Å². The van der Waals surface area contributed by atoms with Gasteiger partial charge in [0.2, 0.25) is 0 Å². The summed E-state index contributed by atoms with van der Waals surface area (Å²) in [6, 6.07) is 0.974. The fraction of sp³-hybridized carbons (Fsp3) is 0.579. The topological polar surface area (TPSA) is 114 Å². The molecular formula is C19H25F3N4O5. The lowest BCUT2D eigenvalue weighted by atomic mass is 10.0. The molecular weight excluding hydrogens is 421 g/mol. The minimum Gasteiger partial charge on any atom is -0.444 e. The van der Waals surface area contributed by atoms with Gasteiger partial charge in [-0.05, 0) is 39.7 Å². The van der Waals surface area contributed by atoms with Crippen LogP contribution in [-0.4, -0.2) is 53.6 Å². The number of nitrogens with zero attached hydrogens (tertiary/aromatic N) is 2. The predicted molar refractivity (Wildman–Crippen MR) is 106 cm³/mol. The van der Waals surface area contributed by atoms with Crippen molar-refractivity contribution in [1.29, 1.82) is 0 Å². The van der Waals surface area contributed by atoms with Crippen molar-refractivity contribution in [3.05, 3.63) is 33.4 Å². The van der Waals surface area contributed by atoms with Gasteiger partial charge in [0.25, 0.3) is 11.6 Å². The molecule has 1 atom stereocenters. The Labute approximate surface area is 177 Å². The Morgan fingerprint density at radius 2 is 1.90 bits per heavy atom. The largest absolute Gasteiger partial charge is 0.444 e. The number of halogens is 3. The summed E-state index contributed by atoms with van der Waals surface area (Å²) in [5.74, 6) is -0.785. The Morgan fingerprint density at radius 3 is 2.42 bits per heavy atom. The van der Waals surface area contributed by atoms with E-state index in [9.17, 15) is 32.9 Å². The molecule has 1 saturated heterocycles. The van der Waals surface area contributed by atoms with E-state index in [1.54, 1.807) is 20.8 Å².